The number of rotatable bonds is 4. The molecule has 8 heteroatoms. The lowest BCUT2D eigenvalue weighted by Gasteiger charge is -2.33. The number of aromatic nitrogens is 3. The smallest absolute Gasteiger partial charge is 0.253 e. The van der Waals surface area contributed by atoms with Crippen LogP contribution in [0.2, 0.25) is 0 Å². The highest BCUT2D eigenvalue weighted by molar-refractivity contribution is 6.01. The van der Waals surface area contributed by atoms with Crippen LogP contribution < -0.4 is 10.2 Å². The van der Waals surface area contributed by atoms with Crippen LogP contribution in [-0.2, 0) is 0 Å². The molecule has 0 spiro atoms. The molecular formula is C24H31N7O. The summed E-state index contributed by atoms with van der Waals surface area (Å²) in [6.07, 6.45) is 7.47. The predicted octanol–water partition coefficient (Wildman–Crippen LogP) is 2.20. The minimum atomic E-state index is -0.0473. The number of fused-ring (bicyclic) bond motifs is 1. The van der Waals surface area contributed by atoms with Gasteiger partial charge in [-0.15, -0.1) is 0 Å². The van der Waals surface area contributed by atoms with Gasteiger partial charge < -0.3 is 25.0 Å². The van der Waals surface area contributed by atoms with Crippen LogP contribution in [0.25, 0.3) is 22.2 Å². The summed E-state index contributed by atoms with van der Waals surface area (Å²) in [5.74, 6) is 0.947. The zero-order valence-electron chi connectivity index (χ0n) is 18.8. The van der Waals surface area contributed by atoms with Crippen LogP contribution in [0.15, 0.2) is 36.8 Å². The number of nitrogens with one attached hydrogen (secondary N) is 2. The number of likely N-dealkylation sites (tertiary alicyclic amines) is 1. The molecule has 3 aromatic rings. The molecule has 32 heavy (non-hydrogen) atoms. The molecule has 3 aromatic heterocycles. The van der Waals surface area contributed by atoms with E-state index in [4.69, 9.17) is 0 Å². The van der Waals surface area contributed by atoms with Crippen LogP contribution in [0.4, 0.5) is 5.82 Å². The maximum Gasteiger partial charge on any atom is 0.253 e. The number of H-pyrrole nitrogens is 1. The fourth-order valence-corrected chi connectivity index (χ4v) is 4.58. The number of hydrogen-bond acceptors (Lipinski definition) is 6. The molecule has 0 radical (unpaired) electrons. The number of hydrogen-bond donors (Lipinski definition) is 2. The first kappa shape index (κ1) is 20.9. The van der Waals surface area contributed by atoms with E-state index in [1.165, 1.54) is 0 Å². The molecule has 5 rings (SSSR count). The van der Waals surface area contributed by atoms with Crippen molar-refractivity contribution in [3.63, 3.8) is 0 Å². The SMILES string of the molecule is CN1CCC(NC(=O)c2cnc3[nH]cc(-c4ccnc(N5CCN(C)CC5)c4)c3c2)CC1. The van der Waals surface area contributed by atoms with Gasteiger partial charge in [0, 0.05) is 61.8 Å². The van der Waals surface area contributed by atoms with E-state index in [2.05, 4.69) is 55.1 Å². The Hall–Kier alpha value is -2.97. The Kier molecular flexibility index (Phi) is 5.80. The second-order valence-corrected chi connectivity index (χ2v) is 9.07. The highest BCUT2D eigenvalue weighted by Gasteiger charge is 2.20. The lowest BCUT2D eigenvalue weighted by atomic mass is 10.0. The Morgan fingerprint density at radius 3 is 2.56 bits per heavy atom. The van der Waals surface area contributed by atoms with Crippen molar-refractivity contribution in [1.29, 1.82) is 0 Å². The monoisotopic (exact) mass is 433 g/mol. The van der Waals surface area contributed by atoms with Crippen LogP contribution in [0, 0.1) is 0 Å². The van der Waals surface area contributed by atoms with E-state index in [1.54, 1.807) is 6.20 Å². The van der Waals surface area contributed by atoms with Crippen molar-refractivity contribution in [2.75, 3.05) is 58.3 Å². The molecule has 168 valence electrons. The molecule has 2 fully saturated rings. The van der Waals surface area contributed by atoms with E-state index in [0.717, 1.165) is 80.1 Å². The van der Waals surface area contributed by atoms with E-state index < -0.39 is 0 Å². The van der Waals surface area contributed by atoms with Crippen LogP contribution in [0.5, 0.6) is 0 Å². The van der Waals surface area contributed by atoms with Gasteiger partial charge in [0.15, 0.2) is 0 Å². The number of carbonyl (C=O) groups excluding carboxylic acids is 1. The molecule has 0 unspecified atom stereocenters. The highest BCUT2D eigenvalue weighted by Crippen LogP contribution is 2.30. The second kappa shape index (κ2) is 8.88. The Balaban J connectivity index is 1.38. The molecule has 0 saturated carbocycles. The number of likely N-dealkylation sites (N-methyl/N-ethyl adjacent to an activating group) is 1. The zero-order chi connectivity index (χ0) is 22.1. The van der Waals surface area contributed by atoms with Gasteiger partial charge in [-0.2, -0.15) is 0 Å². The fraction of sp³-hybridized carbons (Fsp3) is 0.458. The average molecular weight is 434 g/mol. The first-order chi connectivity index (χ1) is 15.6. The first-order valence-electron chi connectivity index (χ1n) is 11.4. The number of amides is 1. The topological polar surface area (TPSA) is 80.4 Å². The number of piperidine rings is 1. The van der Waals surface area contributed by atoms with Crippen molar-refractivity contribution in [3.05, 3.63) is 42.4 Å². The van der Waals surface area contributed by atoms with E-state index in [1.807, 2.05) is 24.5 Å². The minimum Gasteiger partial charge on any atom is -0.354 e. The molecule has 8 nitrogen and oxygen atoms in total. The van der Waals surface area contributed by atoms with Gasteiger partial charge >= 0.3 is 0 Å². The number of piperazine rings is 1. The predicted molar refractivity (Wildman–Crippen MR) is 127 cm³/mol. The third-order valence-electron chi connectivity index (χ3n) is 6.73. The third-order valence-corrected chi connectivity index (χ3v) is 6.73. The van der Waals surface area contributed by atoms with Crippen molar-refractivity contribution < 1.29 is 4.79 Å². The zero-order valence-corrected chi connectivity index (χ0v) is 18.8. The van der Waals surface area contributed by atoms with Gasteiger partial charge in [0.05, 0.1) is 5.56 Å². The fourth-order valence-electron chi connectivity index (χ4n) is 4.58. The van der Waals surface area contributed by atoms with Crippen molar-refractivity contribution in [3.8, 4) is 11.1 Å². The molecule has 2 N–H and O–H groups in total. The molecule has 5 heterocycles. The van der Waals surface area contributed by atoms with Crippen molar-refractivity contribution in [1.82, 2.24) is 30.1 Å². The summed E-state index contributed by atoms with van der Waals surface area (Å²) in [7, 11) is 4.28. The summed E-state index contributed by atoms with van der Waals surface area (Å²) in [5.41, 5.74) is 3.51. The quantitative estimate of drug-likeness (QED) is 0.657. The minimum absolute atomic E-state index is 0.0473. The number of carbonyl (C=O) groups is 1. The van der Waals surface area contributed by atoms with Crippen LogP contribution >= 0.6 is 0 Å². The number of anilines is 1. The van der Waals surface area contributed by atoms with Gasteiger partial charge in [0.25, 0.3) is 5.91 Å². The van der Waals surface area contributed by atoms with Crippen molar-refractivity contribution >= 4 is 22.8 Å². The van der Waals surface area contributed by atoms with E-state index in [9.17, 15) is 4.79 Å². The van der Waals surface area contributed by atoms with Crippen LogP contribution in [0.1, 0.15) is 23.2 Å². The number of nitrogens with zero attached hydrogens (tertiary/aromatic N) is 5. The van der Waals surface area contributed by atoms with E-state index in [-0.39, 0.29) is 11.9 Å². The molecule has 2 saturated heterocycles. The maximum atomic E-state index is 12.9. The summed E-state index contributed by atoms with van der Waals surface area (Å²) in [5, 5.41) is 4.15. The number of aromatic amines is 1. The molecule has 0 bridgehead atoms. The largest absolute Gasteiger partial charge is 0.354 e. The lowest BCUT2D eigenvalue weighted by molar-refractivity contribution is 0.0916. The standard InChI is InChI=1S/C24H31N7O/c1-29-7-4-19(5-8-29)28-24(32)18-13-20-21(16-27-23(20)26-15-18)17-3-6-25-22(14-17)31-11-9-30(2)10-12-31/h3,6,13-16,19H,4-5,7-12H2,1-2H3,(H,26,27)(H,28,32). The first-order valence-corrected chi connectivity index (χ1v) is 11.4. The van der Waals surface area contributed by atoms with E-state index in [0.29, 0.717) is 5.56 Å². The summed E-state index contributed by atoms with van der Waals surface area (Å²) < 4.78 is 0. The van der Waals surface area contributed by atoms with Crippen LogP contribution in [-0.4, -0.2) is 90.1 Å². The summed E-state index contributed by atoms with van der Waals surface area (Å²) in [6, 6.07) is 6.34. The van der Waals surface area contributed by atoms with Gasteiger partial charge in [-0.1, -0.05) is 0 Å². The van der Waals surface area contributed by atoms with Crippen LogP contribution in [0.3, 0.4) is 0 Å². The van der Waals surface area contributed by atoms with Crippen molar-refractivity contribution in [2.45, 2.75) is 18.9 Å². The Morgan fingerprint density at radius 1 is 1.03 bits per heavy atom. The Bertz CT molecular complexity index is 1090. The number of pyridine rings is 2. The Morgan fingerprint density at radius 2 is 1.78 bits per heavy atom. The summed E-state index contributed by atoms with van der Waals surface area (Å²) >= 11 is 0. The molecule has 1 amide bonds. The molecule has 2 aliphatic rings. The molecule has 2 aliphatic heterocycles. The highest BCUT2D eigenvalue weighted by atomic mass is 16.1. The van der Waals surface area contributed by atoms with Gasteiger partial charge in [-0.25, -0.2) is 9.97 Å². The Labute approximate surface area is 188 Å². The average Bonchev–Trinajstić information content (AvgIpc) is 3.24. The van der Waals surface area contributed by atoms with Gasteiger partial charge in [-0.05, 0) is 63.8 Å². The normalized spacial score (nSPS) is 18.9. The molecule has 0 aromatic carbocycles. The van der Waals surface area contributed by atoms with Gasteiger partial charge in [-0.3, -0.25) is 4.79 Å². The summed E-state index contributed by atoms with van der Waals surface area (Å²) in [4.78, 5) is 32.2. The van der Waals surface area contributed by atoms with Gasteiger partial charge in [0.1, 0.15) is 11.5 Å². The van der Waals surface area contributed by atoms with E-state index >= 15 is 0 Å². The van der Waals surface area contributed by atoms with Gasteiger partial charge in [0.2, 0.25) is 0 Å². The maximum absolute atomic E-state index is 12.9. The molecular weight excluding hydrogens is 402 g/mol. The molecule has 0 atom stereocenters. The third kappa shape index (κ3) is 4.33. The lowest BCUT2D eigenvalue weighted by Crippen LogP contribution is -2.44. The molecule has 0 aliphatic carbocycles. The van der Waals surface area contributed by atoms with Crippen molar-refractivity contribution in [2.24, 2.45) is 0 Å². The second-order valence-electron chi connectivity index (χ2n) is 9.07. The summed E-state index contributed by atoms with van der Waals surface area (Å²) in [6.45, 7) is 6.06.